The molecule has 0 saturated heterocycles. The number of nitrogens with zero attached hydrogens (tertiary/aromatic N) is 2. The molecule has 2 rings (SSSR count). The van der Waals surface area contributed by atoms with E-state index in [0.717, 1.165) is 0 Å². The molecular weight excluding hydrogens is 524 g/mol. The first-order chi connectivity index (χ1) is 17.2. The fourth-order valence-electron chi connectivity index (χ4n) is 4.21. The van der Waals surface area contributed by atoms with Gasteiger partial charge in [0.25, 0.3) is 0 Å². The third kappa shape index (κ3) is 12.0. The number of aliphatic carboxylic acids is 1. The third-order valence-corrected chi connectivity index (χ3v) is 6.62. The van der Waals surface area contributed by atoms with E-state index in [4.69, 9.17) is 16.9 Å². The Morgan fingerprint density at radius 2 is 1.28 bits per heavy atom. The van der Waals surface area contributed by atoms with Gasteiger partial charge >= 0.3 is 17.1 Å². The van der Waals surface area contributed by atoms with Crippen LogP contribution in [-0.4, -0.2) is 51.7 Å². The zero-order valence-corrected chi connectivity index (χ0v) is 23.9. The molecule has 0 aliphatic carbocycles. The summed E-state index contributed by atoms with van der Waals surface area (Å²) < 4.78 is 2.05. The van der Waals surface area contributed by atoms with Crippen LogP contribution in [0.3, 0.4) is 0 Å². The second-order valence-corrected chi connectivity index (χ2v) is 10.0. The van der Waals surface area contributed by atoms with Crippen molar-refractivity contribution >= 4 is 32.9 Å². The van der Waals surface area contributed by atoms with Gasteiger partial charge in [-0.1, -0.05) is 69.3 Å². The SMILES string of the molecule is CCCC[N+](CCCC)(CCCC)CCCC.O=C(O)Cc1cc(Br)cc2[nH]c(=O)c(=O)[nH]c12.[C-]#N. The number of quaternary nitrogens is 1. The number of H-pyrrole nitrogens is 2. The Hall–Kier alpha value is -2.44. The van der Waals surface area contributed by atoms with E-state index in [1.165, 1.54) is 82.0 Å². The molecule has 2 aromatic rings. The van der Waals surface area contributed by atoms with Crippen molar-refractivity contribution in [3.8, 4) is 0 Å². The maximum absolute atomic E-state index is 11.2. The normalized spacial score (nSPS) is 10.8. The van der Waals surface area contributed by atoms with Crippen LogP contribution in [-0.2, 0) is 11.2 Å². The molecule has 1 aromatic carbocycles. The number of benzene rings is 1. The number of fused-ring (bicyclic) bond motifs is 1. The maximum Gasteiger partial charge on any atom is 0.314 e. The molecule has 8 nitrogen and oxygen atoms in total. The Kier molecular flexibility index (Phi) is 17.5. The van der Waals surface area contributed by atoms with Crippen molar-refractivity contribution < 1.29 is 14.4 Å². The molecule has 0 atom stereocenters. The fraction of sp³-hybridized carbons (Fsp3) is 0.630. The van der Waals surface area contributed by atoms with Gasteiger partial charge in [-0.05, 0) is 43.4 Å². The number of hydrogen-bond acceptors (Lipinski definition) is 4. The van der Waals surface area contributed by atoms with Gasteiger partial charge in [-0.3, -0.25) is 14.4 Å². The van der Waals surface area contributed by atoms with Gasteiger partial charge in [0.15, 0.2) is 0 Å². The molecule has 0 radical (unpaired) electrons. The molecule has 9 heteroatoms. The van der Waals surface area contributed by atoms with Crippen molar-refractivity contribution in [3.63, 3.8) is 0 Å². The predicted molar refractivity (Wildman–Crippen MR) is 149 cm³/mol. The van der Waals surface area contributed by atoms with Gasteiger partial charge in [0.1, 0.15) is 0 Å². The average molecular weight is 568 g/mol. The molecule has 0 fully saturated rings. The Labute approximate surface area is 223 Å². The number of hydrogen-bond donors (Lipinski definition) is 3. The highest BCUT2D eigenvalue weighted by atomic mass is 79.9. The van der Waals surface area contributed by atoms with E-state index in [-0.39, 0.29) is 6.42 Å². The lowest BCUT2D eigenvalue weighted by Gasteiger charge is -2.39. The van der Waals surface area contributed by atoms with E-state index in [1.807, 2.05) is 0 Å². The Balaban J connectivity index is 0.000000637. The molecule has 0 saturated carbocycles. The highest BCUT2D eigenvalue weighted by Crippen LogP contribution is 2.20. The third-order valence-electron chi connectivity index (χ3n) is 6.16. The highest BCUT2D eigenvalue weighted by molar-refractivity contribution is 9.10. The number of halogens is 1. The minimum atomic E-state index is -1.02. The number of carbonyl (C=O) groups is 1. The van der Waals surface area contributed by atoms with Gasteiger partial charge < -0.3 is 31.4 Å². The molecule has 3 N–H and O–H groups in total. The summed E-state index contributed by atoms with van der Waals surface area (Å²) in [5.74, 6) is -1.02. The minimum absolute atomic E-state index is 0.238. The van der Waals surface area contributed by atoms with Crippen LogP contribution < -0.4 is 11.1 Å². The van der Waals surface area contributed by atoms with Crippen molar-refractivity contribution in [2.75, 3.05) is 26.2 Å². The molecule has 0 unspecified atom stereocenters. The minimum Gasteiger partial charge on any atom is -0.512 e. The van der Waals surface area contributed by atoms with Crippen molar-refractivity contribution in [3.05, 3.63) is 49.4 Å². The second kappa shape index (κ2) is 18.8. The number of nitrogens with one attached hydrogen (secondary N) is 2. The molecular formula is C27H43BrN4O4. The number of unbranched alkanes of at least 4 members (excludes halogenated alkanes) is 4. The van der Waals surface area contributed by atoms with Gasteiger partial charge in [-0.2, -0.15) is 0 Å². The van der Waals surface area contributed by atoms with E-state index in [0.29, 0.717) is 21.1 Å². The largest absolute Gasteiger partial charge is 0.512 e. The molecule has 0 aliphatic heterocycles. The fourth-order valence-corrected chi connectivity index (χ4v) is 4.71. The Morgan fingerprint density at radius 1 is 0.861 bits per heavy atom. The van der Waals surface area contributed by atoms with Crippen LogP contribution in [0.1, 0.15) is 84.6 Å². The van der Waals surface area contributed by atoms with E-state index in [2.05, 4.69) is 53.6 Å². The van der Waals surface area contributed by atoms with Crippen LogP contribution in [0.15, 0.2) is 26.2 Å². The van der Waals surface area contributed by atoms with Gasteiger partial charge in [-0.15, -0.1) is 0 Å². The topological polar surface area (TPSA) is 127 Å². The van der Waals surface area contributed by atoms with Gasteiger partial charge in [0.2, 0.25) is 0 Å². The predicted octanol–water partition coefficient (Wildman–Crippen LogP) is 5.71. The van der Waals surface area contributed by atoms with E-state index < -0.39 is 17.1 Å². The molecule has 202 valence electrons. The Bertz CT molecular complexity index is 1010. The van der Waals surface area contributed by atoms with E-state index in [9.17, 15) is 14.4 Å². The number of rotatable bonds is 14. The van der Waals surface area contributed by atoms with Gasteiger partial charge in [0, 0.05) is 4.47 Å². The summed E-state index contributed by atoms with van der Waals surface area (Å²) >= 11 is 3.21. The first-order valence-electron chi connectivity index (χ1n) is 13.0. The lowest BCUT2D eigenvalue weighted by Crippen LogP contribution is -2.50. The zero-order chi connectivity index (χ0) is 27.6. The van der Waals surface area contributed by atoms with Gasteiger partial charge in [-0.25, -0.2) is 0 Å². The smallest absolute Gasteiger partial charge is 0.314 e. The van der Waals surface area contributed by atoms with Crippen molar-refractivity contribution in [2.24, 2.45) is 0 Å². The standard InChI is InChI=1S/C16H36N.C10H7BrN2O4.CN/c1-5-9-13-17(14-10-6-2,15-11-7-3)16-12-8-4;11-5-1-4(2-7(14)15)8-6(3-5)12-9(16)10(17)13-8;1-2/h5-16H2,1-4H3;1,3H,2H2,(H,12,16)(H,13,17)(H,14,15);/q+1;;-1. The number of carboxylic acid groups (broad SMARTS) is 1. The summed E-state index contributed by atoms with van der Waals surface area (Å²) in [5, 5.41) is 15.0. The summed E-state index contributed by atoms with van der Waals surface area (Å²) in [6, 6.07) is 3.18. The number of aromatic amines is 2. The summed E-state index contributed by atoms with van der Waals surface area (Å²) in [6.07, 6.45) is 10.8. The van der Waals surface area contributed by atoms with Crippen LogP contribution in [0.5, 0.6) is 0 Å². The van der Waals surface area contributed by atoms with Crippen LogP contribution in [0, 0.1) is 11.8 Å². The van der Waals surface area contributed by atoms with Crippen LogP contribution in [0.4, 0.5) is 0 Å². The molecule has 0 amide bonds. The van der Waals surface area contributed by atoms with E-state index >= 15 is 0 Å². The van der Waals surface area contributed by atoms with Crippen molar-refractivity contribution in [1.82, 2.24) is 9.97 Å². The summed E-state index contributed by atoms with van der Waals surface area (Å²) in [4.78, 5) is 37.8. The molecule has 1 heterocycles. The lowest BCUT2D eigenvalue weighted by atomic mass is 10.1. The number of aromatic nitrogens is 2. The Morgan fingerprint density at radius 3 is 1.67 bits per heavy atom. The summed E-state index contributed by atoms with van der Waals surface area (Å²) in [5.41, 5.74) is -0.418. The van der Waals surface area contributed by atoms with Gasteiger partial charge in [0.05, 0.1) is 43.6 Å². The first kappa shape index (κ1) is 33.6. The van der Waals surface area contributed by atoms with Crippen LogP contribution in [0.25, 0.3) is 11.0 Å². The second-order valence-electron chi connectivity index (χ2n) is 9.12. The molecule has 36 heavy (non-hydrogen) atoms. The summed E-state index contributed by atoms with van der Waals surface area (Å²) in [7, 11) is 0. The number of carboxylic acids is 1. The molecule has 0 aliphatic rings. The zero-order valence-electron chi connectivity index (χ0n) is 22.3. The maximum atomic E-state index is 11.2. The highest BCUT2D eigenvalue weighted by Gasteiger charge is 2.24. The lowest BCUT2D eigenvalue weighted by molar-refractivity contribution is -0.929. The summed E-state index contributed by atoms with van der Waals surface area (Å²) in [6.45, 7) is 19.8. The van der Waals surface area contributed by atoms with Crippen molar-refractivity contribution in [1.29, 1.82) is 5.26 Å². The van der Waals surface area contributed by atoms with Crippen molar-refractivity contribution in [2.45, 2.75) is 85.5 Å². The van der Waals surface area contributed by atoms with E-state index in [1.54, 1.807) is 12.1 Å². The monoisotopic (exact) mass is 566 g/mol. The molecule has 1 aromatic heterocycles. The van der Waals surface area contributed by atoms with Crippen LogP contribution in [0.2, 0.25) is 0 Å². The molecule has 0 spiro atoms. The average Bonchev–Trinajstić information content (AvgIpc) is 2.85. The van der Waals surface area contributed by atoms with Crippen LogP contribution >= 0.6 is 15.9 Å². The quantitative estimate of drug-likeness (QED) is 0.153. The first-order valence-corrected chi connectivity index (χ1v) is 13.7. The molecule has 0 bridgehead atoms.